The van der Waals surface area contributed by atoms with Crippen molar-refractivity contribution in [3.63, 3.8) is 0 Å². The lowest BCUT2D eigenvalue weighted by atomic mass is 9.96. The third kappa shape index (κ3) is 8.17. The molecule has 0 saturated heterocycles. The lowest BCUT2D eigenvalue weighted by molar-refractivity contribution is 0.0635. The second-order valence-corrected chi connectivity index (χ2v) is 10.6. The van der Waals surface area contributed by atoms with Gasteiger partial charge in [0.1, 0.15) is 17.2 Å². The van der Waals surface area contributed by atoms with Gasteiger partial charge in [0.25, 0.3) is 5.91 Å². The lowest BCUT2D eigenvalue weighted by Crippen LogP contribution is -2.27. The summed E-state index contributed by atoms with van der Waals surface area (Å²) in [5.74, 6) is 0.932. The number of nitrogens with one attached hydrogen (secondary N) is 2. The minimum atomic E-state index is -0.584. The van der Waals surface area contributed by atoms with Crippen LogP contribution in [-0.4, -0.2) is 29.2 Å². The maximum Gasteiger partial charge on any atom is 0.413 e. The molecule has 40 heavy (non-hydrogen) atoms. The molecule has 0 saturated carbocycles. The first-order valence-corrected chi connectivity index (χ1v) is 13.2. The van der Waals surface area contributed by atoms with Crippen LogP contribution in [0.2, 0.25) is 0 Å². The van der Waals surface area contributed by atoms with E-state index in [4.69, 9.17) is 9.47 Å². The van der Waals surface area contributed by atoms with Crippen LogP contribution in [0.3, 0.4) is 0 Å². The van der Waals surface area contributed by atoms with E-state index in [0.29, 0.717) is 35.8 Å². The molecule has 0 unspecified atom stereocenters. The van der Waals surface area contributed by atoms with Gasteiger partial charge in [0.05, 0.1) is 6.61 Å². The number of amides is 2. The van der Waals surface area contributed by atoms with Crippen molar-refractivity contribution in [1.82, 2.24) is 4.98 Å². The first-order valence-electron chi connectivity index (χ1n) is 13.2. The van der Waals surface area contributed by atoms with Crippen LogP contribution in [0.5, 0.6) is 5.75 Å². The molecule has 7 nitrogen and oxygen atoms in total. The first kappa shape index (κ1) is 28.4. The Hall–Kier alpha value is -4.65. The molecule has 7 heteroatoms. The topological polar surface area (TPSA) is 89.6 Å². The summed E-state index contributed by atoms with van der Waals surface area (Å²) >= 11 is 0. The largest absolute Gasteiger partial charge is 0.493 e. The number of hydrogen-bond acceptors (Lipinski definition) is 5. The number of benzene rings is 3. The Kier molecular flexibility index (Phi) is 8.84. The highest BCUT2D eigenvalue weighted by Gasteiger charge is 2.17. The molecule has 1 aromatic heterocycles. The molecule has 2 amide bonds. The number of pyridine rings is 1. The maximum absolute atomic E-state index is 13.2. The van der Waals surface area contributed by atoms with Gasteiger partial charge in [-0.05, 0) is 88.2 Å². The van der Waals surface area contributed by atoms with Gasteiger partial charge in [-0.2, -0.15) is 0 Å². The van der Waals surface area contributed by atoms with Crippen molar-refractivity contribution < 1.29 is 19.1 Å². The number of anilines is 2. The molecule has 4 aromatic rings. The molecule has 0 radical (unpaired) electrons. The SMILES string of the molecule is Cc1ccc(-c2ccc(C)cc2C(=O)Nc2ccc(OCCc3cccc(NC(=O)OC(C)(C)C)n3)cc2)cc1. The van der Waals surface area contributed by atoms with Crippen LogP contribution >= 0.6 is 0 Å². The number of rotatable bonds is 8. The predicted molar refractivity (Wildman–Crippen MR) is 159 cm³/mol. The summed E-state index contributed by atoms with van der Waals surface area (Å²) in [5.41, 5.74) is 5.58. The fourth-order valence-electron chi connectivity index (χ4n) is 4.03. The van der Waals surface area contributed by atoms with Gasteiger partial charge >= 0.3 is 6.09 Å². The minimum absolute atomic E-state index is 0.168. The van der Waals surface area contributed by atoms with E-state index < -0.39 is 11.7 Å². The number of nitrogens with zero attached hydrogens (tertiary/aromatic N) is 1. The van der Waals surface area contributed by atoms with Crippen LogP contribution in [0.15, 0.2) is 84.9 Å². The summed E-state index contributed by atoms with van der Waals surface area (Å²) in [6, 6.07) is 26.8. The third-order valence-corrected chi connectivity index (χ3v) is 5.96. The molecule has 0 aliphatic carbocycles. The van der Waals surface area contributed by atoms with Crippen molar-refractivity contribution in [2.75, 3.05) is 17.2 Å². The van der Waals surface area contributed by atoms with Gasteiger partial charge < -0.3 is 14.8 Å². The lowest BCUT2D eigenvalue weighted by Gasteiger charge is -2.19. The maximum atomic E-state index is 13.2. The smallest absolute Gasteiger partial charge is 0.413 e. The van der Waals surface area contributed by atoms with Crippen molar-refractivity contribution in [3.05, 3.63) is 107 Å². The van der Waals surface area contributed by atoms with E-state index >= 15 is 0 Å². The molecule has 0 fully saturated rings. The summed E-state index contributed by atoms with van der Waals surface area (Å²) in [6.45, 7) is 9.84. The fourth-order valence-corrected chi connectivity index (χ4v) is 4.03. The van der Waals surface area contributed by atoms with Gasteiger partial charge in [0.2, 0.25) is 0 Å². The number of ether oxygens (including phenoxy) is 2. The third-order valence-electron chi connectivity index (χ3n) is 5.96. The summed E-state index contributed by atoms with van der Waals surface area (Å²) < 4.78 is 11.2. The van der Waals surface area contributed by atoms with Crippen molar-refractivity contribution in [3.8, 4) is 16.9 Å². The van der Waals surface area contributed by atoms with Crippen molar-refractivity contribution in [2.45, 2.75) is 46.6 Å². The average Bonchev–Trinajstić information content (AvgIpc) is 2.89. The molecule has 4 rings (SSSR count). The molecule has 2 N–H and O–H groups in total. The number of carbonyl (C=O) groups excluding carboxylic acids is 2. The summed E-state index contributed by atoms with van der Waals surface area (Å²) in [5, 5.41) is 5.65. The Bertz CT molecular complexity index is 1470. The van der Waals surface area contributed by atoms with Gasteiger partial charge in [0.15, 0.2) is 0 Å². The Morgan fingerprint density at radius 3 is 2.23 bits per heavy atom. The van der Waals surface area contributed by atoms with E-state index in [2.05, 4.69) is 15.6 Å². The highest BCUT2D eigenvalue weighted by Crippen LogP contribution is 2.26. The summed E-state index contributed by atoms with van der Waals surface area (Å²) in [6.07, 6.45) is 0.00615. The number of hydrogen-bond donors (Lipinski definition) is 2. The van der Waals surface area contributed by atoms with Crippen LogP contribution < -0.4 is 15.4 Å². The van der Waals surface area contributed by atoms with Crippen LogP contribution in [0.25, 0.3) is 11.1 Å². The van der Waals surface area contributed by atoms with E-state index in [-0.39, 0.29) is 5.91 Å². The highest BCUT2D eigenvalue weighted by molar-refractivity contribution is 6.08. The Balaban J connectivity index is 1.33. The quantitative estimate of drug-likeness (QED) is 0.242. The zero-order chi connectivity index (χ0) is 28.7. The Labute approximate surface area is 235 Å². The fraction of sp³-hybridized carbons (Fsp3) is 0.242. The van der Waals surface area contributed by atoms with Crippen LogP contribution in [-0.2, 0) is 11.2 Å². The molecule has 1 heterocycles. The Morgan fingerprint density at radius 1 is 0.825 bits per heavy atom. The van der Waals surface area contributed by atoms with Gasteiger partial charge in [-0.3, -0.25) is 10.1 Å². The number of aromatic nitrogens is 1. The monoisotopic (exact) mass is 537 g/mol. The normalized spacial score (nSPS) is 11.0. The molecular weight excluding hydrogens is 502 g/mol. The van der Waals surface area contributed by atoms with E-state index in [9.17, 15) is 9.59 Å². The molecule has 3 aromatic carbocycles. The first-order chi connectivity index (χ1) is 19.1. The second-order valence-electron chi connectivity index (χ2n) is 10.6. The Morgan fingerprint density at radius 2 is 1.52 bits per heavy atom. The van der Waals surface area contributed by atoms with Crippen LogP contribution in [0.1, 0.15) is 48.0 Å². The average molecular weight is 538 g/mol. The molecule has 0 aliphatic rings. The molecule has 206 valence electrons. The second kappa shape index (κ2) is 12.5. The van der Waals surface area contributed by atoms with Crippen molar-refractivity contribution in [2.24, 2.45) is 0 Å². The van der Waals surface area contributed by atoms with E-state index in [1.807, 2.05) is 92.7 Å². The molecule has 0 bridgehead atoms. The van der Waals surface area contributed by atoms with Crippen molar-refractivity contribution >= 4 is 23.5 Å². The zero-order valence-electron chi connectivity index (χ0n) is 23.6. The number of carbonyl (C=O) groups is 2. The predicted octanol–water partition coefficient (Wildman–Crippen LogP) is 7.59. The van der Waals surface area contributed by atoms with Gasteiger partial charge in [0, 0.05) is 23.4 Å². The minimum Gasteiger partial charge on any atom is -0.493 e. The molecule has 0 spiro atoms. The summed E-state index contributed by atoms with van der Waals surface area (Å²) in [7, 11) is 0. The van der Waals surface area contributed by atoms with Gasteiger partial charge in [-0.15, -0.1) is 0 Å². The highest BCUT2D eigenvalue weighted by atomic mass is 16.6. The molecule has 0 aliphatic heterocycles. The standard InChI is InChI=1S/C33H35N3O4/c1-22-9-12-24(13-10-22)28-18-11-23(2)21-29(28)31(37)35-26-14-16-27(17-15-26)39-20-19-25-7-6-8-30(34-25)36-32(38)40-33(3,4)5/h6-18,21H,19-20H2,1-5H3,(H,35,37)(H,34,36,38). The van der Waals surface area contributed by atoms with E-state index in [0.717, 1.165) is 22.4 Å². The molecular formula is C33H35N3O4. The summed E-state index contributed by atoms with van der Waals surface area (Å²) in [4.78, 5) is 29.7. The van der Waals surface area contributed by atoms with Gasteiger partial charge in [-0.25, -0.2) is 9.78 Å². The molecule has 0 atom stereocenters. The number of aryl methyl sites for hydroxylation is 2. The van der Waals surface area contributed by atoms with E-state index in [1.54, 1.807) is 26.8 Å². The van der Waals surface area contributed by atoms with Crippen LogP contribution in [0, 0.1) is 13.8 Å². The van der Waals surface area contributed by atoms with Crippen molar-refractivity contribution in [1.29, 1.82) is 0 Å². The van der Waals surface area contributed by atoms with E-state index in [1.165, 1.54) is 5.56 Å². The zero-order valence-corrected chi connectivity index (χ0v) is 23.6. The van der Waals surface area contributed by atoms with Gasteiger partial charge in [-0.1, -0.05) is 53.6 Å². The van der Waals surface area contributed by atoms with Crippen LogP contribution in [0.4, 0.5) is 16.3 Å².